The highest BCUT2D eigenvalue weighted by molar-refractivity contribution is 7.86. The molecular weight excluding hydrogens is 148 g/mol. The van der Waals surface area contributed by atoms with E-state index in [-0.39, 0.29) is 5.97 Å². The van der Waals surface area contributed by atoms with E-state index in [1.54, 1.807) is 6.92 Å². The molecule has 0 bridgehead atoms. The lowest BCUT2D eigenvalue weighted by molar-refractivity contribution is -0.140. The van der Waals surface area contributed by atoms with Crippen LogP contribution < -0.4 is 0 Å². The molecule has 0 saturated heterocycles. The maximum absolute atomic E-state index is 9.82. The van der Waals surface area contributed by atoms with E-state index in [1.807, 2.05) is 0 Å². The molecule has 0 unspecified atom stereocenters. The summed E-state index contributed by atoms with van der Waals surface area (Å²) in [5, 5.41) is 0. The first-order valence-electron chi connectivity index (χ1n) is 2.09. The maximum Gasteiger partial charge on any atom is 0.302 e. The van der Waals surface area contributed by atoms with E-state index in [2.05, 4.69) is 27.3 Å². The first-order valence-corrected chi connectivity index (χ1v) is 3.60. The third-order valence-corrected chi connectivity index (χ3v) is 0.348. The van der Waals surface area contributed by atoms with Crippen molar-refractivity contribution in [1.29, 1.82) is 0 Å². The van der Waals surface area contributed by atoms with E-state index in [9.17, 15) is 4.79 Å². The summed E-state index contributed by atoms with van der Waals surface area (Å²) < 4.78 is 4.40. The lowest BCUT2D eigenvalue weighted by Gasteiger charge is -1.89. The van der Waals surface area contributed by atoms with Crippen LogP contribution in [0.3, 0.4) is 0 Å². The van der Waals surface area contributed by atoms with Crippen LogP contribution in [0, 0.1) is 0 Å². The van der Waals surface area contributed by atoms with E-state index in [0.29, 0.717) is 6.61 Å². The number of carbonyl (C=O) groups is 1. The van der Waals surface area contributed by atoms with Gasteiger partial charge in [0.25, 0.3) is 0 Å². The summed E-state index contributed by atoms with van der Waals surface area (Å²) in [7, 11) is 4.44. The second-order valence-electron chi connectivity index (χ2n) is 0.925. The second-order valence-corrected chi connectivity index (χ2v) is 0.925. The molecule has 2 nitrogen and oxygen atoms in total. The Morgan fingerprint density at radius 2 is 2.12 bits per heavy atom. The van der Waals surface area contributed by atoms with Crippen molar-refractivity contribution < 1.29 is 9.53 Å². The van der Waals surface area contributed by atoms with Gasteiger partial charge in [0, 0.05) is 6.92 Å². The van der Waals surface area contributed by atoms with Crippen LogP contribution in [0.2, 0.25) is 0 Å². The zero-order chi connectivity index (χ0) is 6.99. The average Bonchev–Trinajstić information content (AvgIpc) is 1.72. The Hall–Kier alpha value is 0.110. The van der Waals surface area contributed by atoms with Gasteiger partial charge >= 0.3 is 5.97 Å². The topological polar surface area (TPSA) is 26.3 Å². The fourth-order valence-corrected chi connectivity index (χ4v) is 0.203. The molecule has 0 aromatic carbocycles. The number of hydrogen-bond donors (Lipinski definition) is 0. The molecule has 0 aromatic rings. The molecule has 0 aliphatic rings. The van der Waals surface area contributed by atoms with Crippen LogP contribution >= 0.6 is 10.7 Å². The number of ether oxygens (including phenoxy) is 1. The van der Waals surface area contributed by atoms with Crippen molar-refractivity contribution in [3.05, 3.63) is 0 Å². The Morgan fingerprint density at radius 3 is 2.12 bits per heavy atom. The van der Waals surface area contributed by atoms with Crippen LogP contribution in [-0.2, 0) is 21.4 Å². The van der Waals surface area contributed by atoms with E-state index < -0.39 is 0 Å². The molecule has 50 valence electrons. The van der Waals surface area contributed by atoms with Gasteiger partial charge < -0.3 is 4.74 Å². The molecule has 0 saturated carbocycles. The number of carbonyl (C=O) groups excluding carboxylic acids is 1. The summed E-state index contributed by atoms with van der Waals surface area (Å²) in [6.45, 7) is 3.65. The van der Waals surface area contributed by atoms with Gasteiger partial charge in [-0.05, 0) is 6.92 Å². The summed E-state index contributed by atoms with van der Waals surface area (Å²) in [6.07, 6.45) is 0. The monoisotopic (exact) mass is 157 g/mol. The van der Waals surface area contributed by atoms with Crippen LogP contribution in [0.15, 0.2) is 0 Å². The standard InChI is InChI=1S/C4H8O2.ClHS/c1-3-6-4(2)5;1-2/h3H2,1-2H3;2H/p+1. The summed E-state index contributed by atoms with van der Waals surface area (Å²) in [4.78, 5) is 9.82. The summed E-state index contributed by atoms with van der Waals surface area (Å²) in [5.74, 6) is -0.211. The smallest absolute Gasteiger partial charge is 0.302 e. The molecule has 0 aliphatic carbocycles. The SMILES string of the molecule is CCOC(C)=O.[SH2+]Cl. The molecule has 0 rings (SSSR count). The highest BCUT2D eigenvalue weighted by Gasteiger charge is 1.81. The molecule has 0 fully saturated rings. The number of esters is 1. The zero-order valence-electron chi connectivity index (χ0n) is 4.90. The molecule has 0 heterocycles. The van der Waals surface area contributed by atoms with Gasteiger partial charge in [0.05, 0.1) is 18.4 Å². The Kier molecular flexibility index (Phi) is 14.0. The summed E-state index contributed by atoms with van der Waals surface area (Å²) in [6, 6.07) is 0. The summed E-state index contributed by atoms with van der Waals surface area (Å²) in [5.41, 5.74) is 0. The van der Waals surface area contributed by atoms with Gasteiger partial charge in [-0.1, -0.05) is 0 Å². The predicted molar refractivity (Wildman–Crippen MR) is 38.3 cm³/mol. The van der Waals surface area contributed by atoms with Crippen LogP contribution in [0.1, 0.15) is 13.8 Å². The van der Waals surface area contributed by atoms with Gasteiger partial charge in [0.2, 0.25) is 0 Å². The molecule has 0 amide bonds. The van der Waals surface area contributed by atoms with Crippen molar-refractivity contribution in [1.82, 2.24) is 0 Å². The molecule has 0 spiro atoms. The zero-order valence-corrected chi connectivity index (χ0v) is 6.66. The van der Waals surface area contributed by atoms with Crippen LogP contribution in [0.5, 0.6) is 0 Å². The first-order chi connectivity index (χ1) is 3.77. The minimum absolute atomic E-state index is 0.211. The summed E-state index contributed by atoms with van der Waals surface area (Å²) >= 11 is 2.44. The minimum Gasteiger partial charge on any atom is -0.466 e. The van der Waals surface area contributed by atoms with Gasteiger partial charge in [-0.15, -0.1) is 0 Å². The molecule has 0 N–H and O–H groups in total. The van der Waals surface area contributed by atoms with Crippen molar-refractivity contribution in [2.75, 3.05) is 6.61 Å². The van der Waals surface area contributed by atoms with Gasteiger partial charge in [0.15, 0.2) is 10.7 Å². The molecule has 0 radical (unpaired) electrons. The normalized spacial score (nSPS) is 6.50. The Bertz CT molecular complexity index is 58.0. The molecule has 4 heteroatoms. The fourth-order valence-electron chi connectivity index (χ4n) is 0.203. The quantitative estimate of drug-likeness (QED) is 0.414. The average molecular weight is 158 g/mol. The highest BCUT2D eigenvalue weighted by atomic mass is 35.7. The minimum atomic E-state index is -0.211. The van der Waals surface area contributed by atoms with Crippen molar-refractivity contribution >= 4 is 28.5 Å². The Labute approximate surface area is 59.1 Å². The fraction of sp³-hybridized carbons (Fsp3) is 0.750. The van der Waals surface area contributed by atoms with Gasteiger partial charge in [0.1, 0.15) is 0 Å². The Morgan fingerprint density at radius 1 is 1.75 bits per heavy atom. The number of hydrogen-bond acceptors (Lipinski definition) is 2. The van der Waals surface area contributed by atoms with Gasteiger partial charge in [-0.25, -0.2) is 0 Å². The first kappa shape index (κ1) is 11.0. The third-order valence-electron chi connectivity index (χ3n) is 0.348. The predicted octanol–water partition coefficient (Wildman–Crippen LogP) is 0.721. The van der Waals surface area contributed by atoms with Crippen LogP contribution in [-0.4, -0.2) is 12.6 Å². The second kappa shape index (κ2) is 10.2. The lowest BCUT2D eigenvalue weighted by Crippen LogP contribution is -1.95. The van der Waals surface area contributed by atoms with Crippen molar-refractivity contribution in [3.63, 3.8) is 0 Å². The van der Waals surface area contributed by atoms with Crippen molar-refractivity contribution in [2.45, 2.75) is 13.8 Å². The molecular formula is C4H10ClO2S+. The largest absolute Gasteiger partial charge is 0.466 e. The Balaban J connectivity index is 0. The van der Waals surface area contributed by atoms with Gasteiger partial charge in [-0.2, -0.15) is 0 Å². The van der Waals surface area contributed by atoms with Crippen LogP contribution in [0.25, 0.3) is 0 Å². The highest BCUT2D eigenvalue weighted by Crippen LogP contribution is 1.69. The number of halogens is 1. The van der Waals surface area contributed by atoms with Crippen molar-refractivity contribution in [2.24, 2.45) is 0 Å². The molecule has 0 aromatic heterocycles. The molecule has 0 aliphatic heterocycles. The lowest BCUT2D eigenvalue weighted by atomic mass is 10.8. The molecule has 8 heavy (non-hydrogen) atoms. The van der Waals surface area contributed by atoms with Gasteiger partial charge in [-0.3, -0.25) is 4.79 Å². The van der Waals surface area contributed by atoms with E-state index >= 15 is 0 Å². The van der Waals surface area contributed by atoms with Crippen LogP contribution in [0.4, 0.5) is 0 Å². The maximum atomic E-state index is 9.82. The van der Waals surface area contributed by atoms with E-state index in [0.717, 1.165) is 0 Å². The molecule has 0 atom stereocenters. The van der Waals surface area contributed by atoms with E-state index in [1.165, 1.54) is 6.92 Å². The van der Waals surface area contributed by atoms with E-state index in [4.69, 9.17) is 0 Å². The third kappa shape index (κ3) is 16.5. The number of rotatable bonds is 1. The van der Waals surface area contributed by atoms with Crippen molar-refractivity contribution in [3.8, 4) is 0 Å².